The Kier molecular flexibility index (Phi) is 4.84. The van der Waals surface area contributed by atoms with E-state index in [0.29, 0.717) is 19.5 Å². The molecule has 0 saturated carbocycles. The van der Waals surface area contributed by atoms with E-state index in [4.69, 9.17) is 0 Å². The lowest BCUT2D eigenvalue weighted by Crippen LogP contribution is -2.62. The molecule has 6 heteroatoms. The summed E-state index contributed by atoms with van der Waals surface area (Å²) in [6.45, 7) is 7.43. The molecule has 2 fully saturated rings. The second kappa shape index (κ2) is 6.77. The highest BCUT2D eigenvalue weighted by atomic mass is 16.3. The van der Waals surface area contributed by atoms with Crippen LogP contribution in [0.4, 0.5) is 0 Å². The molecule has 2 aliphatic rings. The van der Waals surface area contributed by atoms with Crippen LogP contribution in [0.2, 0.25) is 0 Å². The van der Waals surface area contributed by atoms with Crippen molar-refractivity contribution in [2.45, 2.75) is 57.3 Å². The third-order valence-electron chi connectivity index (χ3n) is 5.10. The fourth-order valence-electron chi connectivity index (χ4n) is 3.51. The first kappa shape index (κ1) is 17.9. The van der Waals surface area contributed by atoms with Crippen molar-refractivity contribution >= 4 is 11.8 Å². The minimum absolute atomic E-state index is 0.0828. The minimum atomic E-state index is -0.799. The largest absolute Gasteiger partial charge is 0.394 e. The highest BCUT2D eigenvalue weighted by Gasteiger charge is 2.45. The molecule has 0 aromatic heterocycles. The Morgan fingerprint density at radius 3 is 2.52 bits per heavy atom. The number of carbonyl (C=O) groups is 2. The molecule has 2 aliphatic heterocycles. The lowest BCUT2D eigenvalue weighted by molar-refractivity contribution is -0.148. The van der Waals surface area contributed by atoms with Crippen molar-refractivity contribution in [2.24, 2.45) is 0 Å². The molecule has 2 heterocycles. The number of hydrogen-bond acceptors (Lipinski definition) is 4. The molecule has 2 saturated heterocycles. The zero-order valence-electron chi connectivity index (χ0n) is 15.1. The lowest BCUT2D eigenvalue weighted by Gasteiger charge is -2.33. The van der Waals surface area contributed by atoms with E-state index in [1.807, 2.05) is 0 Å². The number of aliphatic hydroxyl groups is 1. The summed E-state index contributed by atoms with van der Waals surface area (Å²) in [5.74, 6) is -0.358. The molecule has 3 rings (SSSR count). The van der Waals surface area contributed by atoms with Crippen LogP contribution in [-0.4, -0.2) is 53.1 Å². The Bertz CT molecular complexity index is 651. The Hall–Kier alpha value is -1.92. The average Bonchev–Trinajstić information content (AvgIpc) is 3.01. The van der Waals surface area contributed by atoms with Crippen LogP contribution in [0.5, 0.6) is 0 Å². The highest BCUT2D eigenvalue weighted by Crippen LogP contribution is 2.24. The Labute approximate surface area is 148 Å². The zero-order valence-corrected chi connectivity index (χ0v) is 15.1. The van der Waals surface area contributed by atoms with Crippen LogP contribution < -0.4 is 10.6 Å². The molecule has 3 N–H and O–H groups in total. The topological polar surface area (TPSA) is 81.7 Å². The van der Waals surface area contributed by atoms with E-state index in [2.05, 4.69) is 55.7 Å². The fourth-order valence-corrected chi connectivity index (χ4v) is 3.51. The van der Waals surface area contributed by atoms with Crippen LogP contribution >= 0.6 is 0 Å². The molecule has 25 heavy (non-hydrogen) atoms. The van der Waals surface area contributed by atoms with Crippen molar-refractivity contribution in [1.29, 1.82) is 0 Å². The normalized spacial score (nSPS) is 26.6. The Morgan fingerprint density at radius 1 is 1.24 bits per heavy atom. The van der Waals surface area contributed by atoms with Gasteiger partial charge in [-0.1, -0.05) is 45.0 Å². The van der Waals surface area contributed by atoms with Crippen LogP contribution in [-0.2, 0) is 21.5 Å². The van der Waals surface area contributed by atoms with Gasteiger partial charge < -0.3 is 20.6 Å². The van der Waals surface area contributed by atoms with Gasteiger partial charge in [0.05, 0.1) is 6.61 Å². The van der Waals surface area contributed by atoms with Gasteiger partial charge >= 0.3 is 0 Å². The summed E-state index contributed by atoms with van der Waals surface area (Å²) in [6.07, 6.45) is 0.607. The van der Waals surface area contributed by atoms with Gasteiger partial charge in [-0.05, 0) is 23.0 Å². The molecular formula is C19H27N3O3. The van der Waals surface area contributed by atoms with Gasteiger partial charge in [0.25, 0.3) is 0 Å². The standard InChI is InChI=1S/C19H27N3O3/c1-19(2,3)13-6-4-12(5-7-13)9-20-14-8-16-17(24)21-15(11-23)18(25)22(16)10-14/h4-7,14-16,20,23H,8-11H2,1-3H3,(H,21,24)/t14-,15-,16-/m0/s1. The molecule has 1 aromatic carbocycles. The number of benzene rings is 1. The van der Waals surface area contributed by atoms with Gasteiger partial charge in [-0.25, -0.2) is 0 Å². The second-order valence-electron chi connectivity index (χ2n) is 8.01. The van der Waals surface area contributed by atoms with Crippen molar-refractivity contribution in [3.63, 3.8) is 0 Å². The van der Waals surface area contributed by atoms with E-state index >= 15 is 0 Å². The summed E-state index contributed by atoms with van der Waals surface area (Å²) < 4.78 is 0. The molecular weight excluding hydrogens is 318 g/mol. The molecule has 0 aliphatic carbocycles. The summed E-state index contributed by atoms with van der Waals surface area (Å²) in [5, 5.41) is 15.3. The van der Waals surface area contributed by atoms with E-state index in [-0.39, 0.29) is 29.9 Å². The highest BCUT2D eigenvalue weighted by molar-refractivity contribution is 5.97. The summed E-state index contributed by atoms with van der Waals surface area (Å²) in [5.41, 5.74) is 2.62. The summed E-state index contributed by atoms with van der Waals surface area (Å²) >= 11 is 0. The third-order valence-corrected chi connectivity index (χ3v) is 5.10. The van der Waals surface area contributed by atoms with Gasteiger partial charge in [-0.15, -0.1) is 0 Å². The smallest absolute Gasteiger partial charge is 0.248 e. The van der Waals surface area contributed by atoms with Gasteiger partial charge in [0.2, 0.25) is 11.8 Å². The average molecular weight is 345 g/mol. The Balaban J connectivity index is 1.58. The van der Waals surface area contributed by atoms with E-state index in [1.54, 1.807) is 4.90 Å². The molecule has 0 bridgehead atoms. The van der Waals surface area contributed by atoms with E-state index < -0.39 is 12.1 Å². The molecule has 6 nitrogen and oxygen atoms in total. The maximum absolute atomic E-state index is 12.3. The Morgan fingerprint density at radius 2 is 1.92 bits per heavy atom. The predicted molar refractivity (Wildman–Crippen MR) is 94.9 cm³/mol. The summed E-state index contributed by atoms with van der Waals surface area (Å²) in [7, 11) is 0. The van der Waals surface area contributed by atoms with Crippen molar-refractivity contribution in [3.05, 3.63) is 35.4 Å². The number of aliphatic hydroxyl groups excluding tert-OH is 1. The van der Waals surface area contributed by atoms with Gasteiger partial charge in [0.15, 0.2) is 0 Å². The van der Waals surface area contributed by atoms with E-state index in [9.17, 15) is 14.7 Å². The van der Waals surface area contributed by atoms with Crippen LogP contribution in [0, 0.1) is 0 Å². The SMILES string of the molecule is CC(C)(C)c1ccc(CN[C@H]2C[C@H]3C(=O)N[C@@H](CO)C(=O)N3C2)cc1. The van der Waals surface area contributed by atoms with Gasteiger partial charge in [-0.2, -0.15) is 0 Å². The number of carbonyl (C=O) groups excluding carboxylic acids is 2. The minimum Gasteiger partial charge on any atom is -0.394 e. The first-order valence-electron chi connectivity index (χ1n) is 8.84. The van der Waals surface area contributed by atoms with Crippen LogP contribution in [0.1, 0.15) is 38.3 Å². The monoisotopic (exact) mass is 345 g/mol. The number of rotatable bonds is 4. The van der Waals surface area contributed by atoms with Gasteiger partial charge in [0, 0.05) is 19.1 Å². The predicted octanol–water partition coefficient (Wildman–Crippen LogP) is 0.534. The molecule has 136 valence electrons. The maximum atomic E-state index is 12.3. The van der Waals surface area contributed by atoms with E-state index in [0.717, 1.165) is 0 Å². The molecule has 0 spiro atoms. The summed E-state index contributed by atoms with van der Waals surface area (Å²) in [6, 6.07) is 7.41. The van der Waals surface area contributed by atoms with Crippen molar-refractivity contribution < 1.29 is 14.7 Å². The van der Waals surface area contributed by atoms with Crippen molar-refractivity contribution in [1.82, 2.24) is 15.5 Å². The molecule has 0 radical (unpaired) electrons. The first-order chi connectivity index (χ1) is 11.8. The zero-order chi connectivity index (χ0) is 18.2. The number of piperazine rings is 1. The van der Waals surface area contributed by atoms with Crippen molar-refractivity contribution in [2.75, 3.05) is 13.2 Å². The molecule has 3 atom stereocenters. The number of nitrogens with zero attached hydrogens (tertiary/aromatic N) is 1. The van der Waals surface area contributed by atoms with Crippen LogP contribution in [0.25, 0.3) is 0 Å². The van der Waals surface area contributed by atoms with Gasteiger partial charge in [-0.3, -0.25) is 9.59 Å². The second-order valence-corrected chi connectivity index (χ2v) is 8.01. The number of amides is 2. The quantitative estimate of drug-likeness (QED) is 0.744. The van der Waals surface area contributed by atoms with Crippen molar-refractivity contribution in [3.8, 4) is 0 Å². The fraction of sp³-hybridized carbons (Fsp3) is 0.579. The molecule has 2 amide bonds. The molecule has 1 aromatic rings. The lowest BCUT2D eigenvalue weighted by atomic mass is 9.87. The number of fused-ring (bicyclic) bond motifs is 1. The van der Waals surface area contributed by atoms with Crippen LogP contribution in [0.15, 0.2) is 24.3 Å². The number of hydrogen-bond donors (Lipinski definition) is 3. The van der Waals surface area contributed by atoms with Crippen LogP contribution in [0.3, 0.4) is 0 Å². The van der Waals surface area contributed by atoms with Gasteiger partial charge in [0.1, 0.15) is 12.1 Å². The maximum Gasteiger partial charge on any atom is 0.248 e. The van der Waals surface area contributed by atoms with E-state index in [1.165, 1.54) is 11.1 Å². The third kappa shape index (κ3) is 3.70. The summed E-state index contributed by atoms with van der Waals surface area (Å²) in [4.78, 5) is 26.0. The first-order valence-corrected chi connectivity index (χ1v) is 8.84. The molecule has 0 unspecified atom stereocenters. The number of nitrogens with one attached hydrogen (secondary N) is 2.